The fourth-order valence-corrected chi connectivity index (χ4v) is 1.08. The highest BCUT2D eigenvalue weighted by Gasteiger charge is 2.15. The molecular formula is C7H10N4O4. The predicted octanol–water partition coefficient (Wildman–Crippen LogP) is -0.00478. The van der Waals surface area contributed by atoms with E-state index in [4.69, 9.17) is 5.21 Å². The lowest BCUT2D eigenvalue weighted by Crippen LogP contribution is -2.20. The minimum absolute atomic E-state index is 0.0326. The molecule has 2 N–H and O–H groups in total. The van der Waals surface area contributed by atoms with Gasteiger partial charge in [0.05, 0.1) is 0 Å². The average molecular weight is 214 g/mol. The third-order valence-corrected chi connectivity index (χ3v) is 1.85. The number of imidazole rings is 1. The van der Waals surface area contributed by atoms with Gasteiger partial charge in [0, 0.05) is 19.9 Å². The molecule has 8 nitrogen and oxygen atoms in total. The summed E-state index contributed by atoms with van der Waals surface area (Å²) < 4.78 is 1.48. The highest BCUT2D eigenvalue weighted by atomic mass is 16.6. The SMILES string of the molecule is Cc1nc([N+](=O)[O-])cn1CCC(=O)NO. The van der Waals surface area contributed by atoms with Crippen LogP contribution in [0.1, 0.15) is 12.2 Å². The van der Waals surface area contributed by atoms with E-state index in [1.54, 1.807) is 6.92 Å². The van der Waals surface area contributed by atoms with Crippen molar-refractivity contribution in [2.75, 3.05) is 0 Å². The van der Waals surface area contributed by atoms with E-state index in [0.29, 0.717) is 5.82 Å². The summed E-state index contributed by atoms with van der Waals surface area (Å²) in [7, 11) is 0. The number of carbonyl (C=O) groups is 1. The van der Waals surface area contributed by atoms with Crippen molar-refractivity contribution in [2.45, 2.75) is 19.9 Å². The maximum Gasteiger partial charge on any atom is 0.381 e. The van der Waals surface area contributed by atoms with Crippen molar-refractivity contribution in [3.63, 3.8) is 0 Å². The number of nitrogens with one attached hydrogen (secondary N) is 1. The van der Waals surface area contributed by atoms with Crippen LogP contribution in [0.5, 0.6) is 0 Å². The Hall–Kier alpha value is -1.96. The quantitative estimate of drug-likeness (QED) is 0.416. The maximum atomic E-state index is 10.7. The van der Waals surface area contributed by atoms with Crippen molar-refractivity contribution >= 4 is 11.7 Å². The van der Waals surface area contributed by atoms with E-state index < -0.39 is 10.8 Å². The Kier molecular flexibility index (Phi) is 3.34. The van der Waals surface area contributed by atoms with Gasteiger partial charge in [-0.15, -0.1) is 0 Å². The largest absolute Gasteiger partial charge is 0.381 e. The molecule has 0 aliphatic heterocycles. The minimum Gasteiger partial charge on any atom is -0.358 e. The lowest BCUT2D eigenvalue weighted by Gasteiger charge is -2.00. The summed E-state index contributed by atoms with van der Waals surface area (Å²) in [6, 6.07) is 0. The zero-order chi connectivity index (χ0) is 11.4. The summed E-state index contributed by atoms with van der Waals surface area (Å²) in [5.41, 5.74) is 1.48. The molecule has 0 aliphatic rings. The number of nitrogens with zero attached hydrogens (tertiary/aromatic N) is 3. The molecule has 8 heteroatoms. The second-order valence-corrected chi connectivity index (χ2v) is 2.88. The summed E-state index contributed by atoms with van der Waals surface area (Å²) in [6.45, 7) is 1.84. The molecule has 0 bridgehead atoms. The van der Waals surface area contributed by atoms with Gasteiger partial charge in [-0.1, -0.05) is 0 Å². The van der Waals surface area contributed by atoms with E-state index in [2.05, 4.69) is 4.98 Å². The first-order chi connectivity index (χ1) is 7.04. The molecule has 0 radical (unpaired) electrons. The van der Waals surface area contributed by atoms with Gasteiger partial charge in [-0.3, -0.25) is 10.0 Å². The van der Waals surface area contributed by atoms with Crippen LogP contribution in [0.3, 0.4) is 0 Å². The van der Waals surface area contributed by atoms with Crippen LogP contribution < -0.4 is 5.48 Å². The summed E-state index contributed by atoms with van der Waals surface area (Å²) in [6.07, 6.45) is 1.28. The van der Waals surface area contributed by atoms with Crippen LogP contribution in [0.4, 0.5) is 5.82 Å². The van der Waals surface area contributed by atoms with Gasteiger partial charge in [0.2, 0.25) is 11.7 Å². The molecule has 0 atom stereocenters. The normalized spacial score (nSPS) is 10.0. The fraction of sp³-hybridized carbons (Fsp3) is 0.429. The molecule has 0 aliphatic carbocycles. The number of carbonyl (C=O) groups excluding carboxylic acids is 1. The summed E-state index contributed by atoms with van der Waals surface area (Å²) >= 11 is 0. The van der Waals surface area contributed by atoms with Crippen LogP contribution >= 0.6 is 0 Å². The number of amides is 1. The van der Waals surface area contributed by atoms with E-state index in [1.807, 2.05) is 0 Å². The predicted molar refractivity (Wildman–Crippen MR) is 48.2 cm³/mol. The Morgan fingerprint density at radius 1 is 1.80 bits per heavy atom. The average Bonchev–Trinajstić information content (AvgIpc) is 2.56. The van der Waals surface area contributed by atoms with E-state index in [1.165, 1.54) is 16.2 Å². The lowest BCUT2D eigenvalue weighted by atomic mass is 10.4. The Bertz CT molecular complexity index is 386. The van der Waals surface area contributed by atoms with Gasteiger partial charge < -0.3 is 14.7 Å². The zero-order valence-corrected chi connectivity index (χ0v) is 8.01. The van der Waals surface area contributed by atoms with Crippen LogP contribution in [0, 0.1) is 17.0 Å². The minimum atomic E-state index is -0.602. The van der Waals surface area contributed by atoms with Gasteiger partial charge in [-0.2, -0.15) is 0 Å². The number of rotatable bonds is 4. The Morgan fingerprint density at radius 2 is 2.47 bits per heavy atom. The van der Waals surface area contributed by atoms with Gasteiger partial charge in [0.15, 0.2) is 0 Å². The second kappa shape index (κ2) is 4.51. The van der Waals surface area contributed by atoms with Crippen molar-refractivity contribution in [1.82, 2.24) is 15.0 Å². The number of aromatic nitrogens is 2. The molecule has 0 saturated carbocycles. The summed E-state index contributed by atoms with van der Waals surface area (Å²) in [4.78, 5) is 24.2. The number of hydroxylamine groups is 1. The first-order valence-electron chi connectivity index (χ1n) is 4.15. The molecule has 15 heavy (non-hydrogen) atoms. The highest BCUT2D eigenvalue weighted by Crippen LogP contribution is 2.10. The molecule has 1 aromatic heterocycles. The van der Waals surface area contributed by atoms with Crippen LogP contribution in [0.25, 0.3) is 0 Å². The smallest absolute Gasteiger partial charge is 0.358 e. The number of hydrogen-bond donors (Lipinski definition) is 2. The lowest BCUT2D eigenvalue weighted by molar-refractivity contribution is -0.389. The first-order valence-corrected chi connectivity index (χ1v) is 4.15. The van der Waals surface area contributed by atoms with Crippen molar-refractivity contribution in [1.29, 1.82) is 0 Å². The third kappa shape index (κ3) is 2.74. The molecule has 1 amide bonds. The first kappa shape index (κ1) is 11.1. The summed E-state index contributed by atoms with van der Waals surface area (Å²) in [5.74, 6) is -0.352. The Balaban J connectivity index is 2.69. The number of aryl methyl sites for hydroxylation is 2. The Morgan fingerprint density at radius 3 is 2.93 bits per heavy atom. The van der Waals surface area contributed by atoms with Crippen molar-refractivity contribution in [2.24, 2.45) is 0 Å². The monoisotopic (exact) mass is 214 g/mol. The molecular weight excluding hydrogens is 204 g/mol. The van der Waals surface area contributed by atoms with Crippen LogP contribution in [0.15, 0.2) is 6.20 Å². The van der Waals surface area contributed by atoms with Gasteiger partial charge in [-0.25, -0.2) is 5.48 Å². The van der Waals surface area contributed by atoms with E-state index in [9.17, 15) is 14.9 Å². The van der Waals surface area contributed by atoms with E-state index >= 15 is 0 Å². The molecule has 1 aromatic rings. The van der Waals surface area contributed by atoms with Crippen molar-refractivity contribution < 1.29 is 14.9 Å². The van der Waals surface area contributed by atoms with Crippen molar-refractivity contribution in [3.8, 4) is 0 Å². The van der Waals surface area contributed by atoms with E-state index in [0.717, 1.165) is 0 Å². The molecule has 82 valence electrons. The molecule has 1 heterocycles. The van der Waals surface area contributed by atoms with Gasteiger partial charge in [0.25, 0.3) is 0 Å². The van der Waals surface area contributed by atoms with Crippen molar-refractivity contribution in [3.05, 3.63) is 22.1 Å². The van der Waals surface area contributed by atoms with Crippen LogP contribution in [0.2, 0.25) is 0 Å². The van der Waals surface area contributed by atoms with Gasteiger partial charge >= 0.3 is 5.82 Å². The Labute approximate surface area is 84.6 Å². The topological polar surface area (TPSA) is 110 Å². The molecule has 1 rings (SSSR count). The third-order valence-electron chi connectivity index (χ3n) is 1.85. The highest BCUT2D eigenvalue weighted by molar-refractivity contribution is 5.74. The molecule has 0 fully saturated rings. The second-order valence-electron chi connectivity index (χ2n) is 2.88. The molecule has 0 saturated heterocycles. The maximum absolute atomic E-state index is 10.7. The number of nitro groups is 1. The van der Waals surface area contributed by atoms with Crippen LogP contribution in [-0.4, -0.2) is 25.6 Å². The van der Waals surface area contributed by atoms with Gasteiger partial charge in [0.1, 0.15) is 6.20 Å². The van der Waals surface area contributed by atoms with Crippen LogP contribution in [-0.2, 0) is 11.3 Å². The van der Waals surface area contributed by atoms with E-state index in [-0.39, 0.29) is 18.8 Å². The molecule has 0 aromatic carbocycles. The fourth-order valence-electron chi connectivity index (χ4n) is 1.08. The molecule has 0 spiro atoms. The molecule has 0 unspecified atom stereocenters. The zero-order valence-electron chi connectivity index (χ0n) is 8.01. The van der Waals surface area contributed by atoms with Gasteiger partial charge in [-0.05, 0) is 9.91 Å². The number of hydrogen-bond acceptors (Lipinski definition) is 5. The standard InChI is InChI=1S/C7H10N4O4/c1-5-8-6(11(14)15)4-10(5)3-2-7(12)9-13/h4,13H,2-3H2,1H3,(H,9,12). The summed E-state index contributed by atoms with van der Waals surface area (Å²) in [5, 5.41) is 18.6.